The smallest absolute Gasteiger partial charge is 0.208 e. The van der Waals surface area contributed by atoms with Gasteiger partial charge in [-0.25, -0.2) is 21.6 Å². The van der Waals surface area contributed by atoms with Crippen molar-refractivity contribution in [2.75, 3.05) is 0 Å². The maximum Gasteiger partial charge on any atom is 0.208 e. The van der Waals surface area contributed by atoms with Crippen LogP contribution >= 0.6 is 0 Å². The zero-order chi connectivity index (χ0) is 21.5. The van der Waals surface area contributed by atoms with Crippen molar-refractivity contribution in [3.8, 4) is 17.2 Å². The van der Waals surface area contributed by atoms with Gasteiger partial charge in [-0.2, -0.15) is 5.26 Å². The van der Waals surface area contributed by atoms with E-state index in [0.717, 1.165) is 36.5 Å². The van der Waals surface area contributed by atoms with E-state index < -0.39 is 32.2 Å². The number of nitriles is 1. The highest BCUT2D eigenvalue weighted by Gasteiger charge is 2.26. The van der Waals surface area contributed by atoms with Crippen LogP contribution in [0.4, 0.5) is 13.2 Å². The number of hydrogen-bond donors (Lipinski definition) is 0. The molecule has 0 aliphatic heterocycles. The number of para-hydroxylation sites is 1. The van der Waals surface area contributed by atoms with Gasteiger partial charge in [0.15, 0.2) is 11.6 Å². The zero-order valence-corrected chi connectivity index (χ0v) is 15.9. The van der Waals surface area contributed by atoms with Crippen molar-refractivity contribution in [1.82, 2.24) is 4.98 Å². The Morgan fingerprint density at radius 3 is 2.40 bits per heavy atom. The topological polar surface area (TPSA) is 70.8 Å². The molecule has 4 rings (SSSR count). The van der Waals surface area contributed by atoms with E-state index in [1.54, 1.807) is 30.3 Å². The highest BCUT2D eigenvalue weighted by atomic mass is 32.2. The molecule has 0 atom stereocenters. The number of nitrogens with zero attached hydrogens (tertiary/aromatic N) is 2. The lowest BCUT2D eigenvalue weighted by Crippen LogP contribution is -2.07. The van der Waals surface area contributed by atoms with E-state index >= 15 is 0 Å². The van der Waals surface area contributed by atoms with Crippen LogP contribution in [0.1, 0.15) is 5.56 Å². The van der Waals surface area contributed by atoms with Gasteiger partial charge >= 0.3 is 0 Å². The second-order valence-electron chi connectivity index (χ2n) is 6.43. The second-order valence-corrected chi connectivity index (χ2v) is 8.35. The van der Waals surface area contributed by atoms with Gasteiger partial charge in [0.25, 0.3) is 0 Å². The van der Waals surface area contributed by atoms with Gasteiger partial charge in [0, 0.05) is 17.1 Å². The first-order valence-electron chi connectivity index (χ1n) is 8.60. The van der Waals surface area contributed by atoms with Crippen LogP contribution in [0, 0.1) is 28.8 Å². The molecule has 0 unspecified atom stereocenters. The molecule has 0 bridgehead atoms. The molecule has 30 heavy (non-hydrogen) atoms. The first-order valence-corrected chi connectivity index (χ1v) is 10.1. The summed E-state index contributed by atoms with van der Waals surface area (Å²) in [7, 11) is -4.36. The lowest BCUT2D eigenvalue weighted by molar-refractivity contribution is 0.509. The van der Waals surface area contributed by atoms with Crippen LogP contribution in [0.2, 0.25) is 0 Å². The summed E-state index contributed by atoms with van der Waals surface area (Å²) in [5.74, 6) is -3.12. The first kappa shape index (κ1) is 19.6. The van der Waals surface area contributed by atoms with Crippen molar-refractivity contribution in [3.63, 3.8) is 0 Å². The minimum atomic E-state index is -4.36. The Kier molecular flexibility index (Phi) is 4.76. The van der Waals surface area contributed by atoms with Crippen LogP contribution in [-0.4, -0.2) is 13.4 Å². The highest BCUT2D eigenvalue weighted by molar-refractivity contribution is 7.91. The third-order valence-corrected chi connectivity index (χ3v) is 6.29. The van der Waals surface area contributed by atoms with Gasteiger partial charge in [-0.05, 0) is 42.0 Å². The van der Waals surface area contributed by atoms with Gasteiger partial charge in [0.05, 0.1) is 26.9 Å². The number of fused-ring (bicyclic) bond motifs is 1. The first-order chi connectivity index (χ1) is 14.3. The molecule has 148 valence electrons. The fourth-order valence-corrected chi connectivity index (χ4v) is 4.68. The highest BCUT2D eigenvalue weighted by Crippen LogP contribution is 2.37. The van der Waals surface area contributed by atoms with Gasteiger partial charge in [-0.1, -0.05) is 24.3 Å². The normalized spacial score (nSPS) is 11.4. The summed E-state index contributed by atoms with van der Waals surface area (Å²) < 4.78 is 68.1. The molecule has 3 aromatic carbocycles. The number of pyridine rings is 1. The zero-order valence-electron chi connectivity index (χ0n) is 15.1. The number of hydrogen-bond acceptors (Lipinski definition) is 4. The van der Waals surface area contributed by atoms with E-state index in [1.807, 2.05) is 0 Å². The van der Waals surface area contributed by atoms with Gasteiger partial charge in [0.2, 0.25) is 9.84 Å². The van der Waals surface area contributed by atoms with Crippen molar-refractivity contribution in [3.05, 3.63) is 89.9 Å². The fraction of sp³-hybridized carbons (Fsp3) is 0. The van der Waals surface area contributed by atoms with Gasteiger partial charge in [-0.15, -0.1) is 0 Å². The Bertz CT molecular complexity index is 1460. The number of sulfone groups is 1. The van der Waals surface area contributed by atoms with Crippen molar-refractivity contribution < 1.29 is 21.6 Å². The molecule has 0 fully saturated rings. The summed E-state index contributed by atoms with van der Waals surface area (Å²) in [4.78, 5) is 3.40. The fourth-order valence-electron chi connectivity index (χ4n) is 3.19. The second kappa shape index (κ2) is 7.28. The Balaban J connectivity index is 2.08. The van der Waals surface area contributed by atoms with Crippen LogP contribution < -0.4 is 0 Å². The molecular formula is C22H11F3N2O2S. The molecule has 0 aliphatic carbocycles. The van der Waals surface area contributed by atoms with E-state index in [0.29, 0.717) is 10.9 Å². The SMILES string of the molecule is N#Cc1cc(F)cc(S(=O)(=O)c2cnc3ccccc3c2-c2ccc(F)c(F)c2)c1. The lowest BCUT2D eigenvalue weighted by atomic mass is 10.0. The third kappa shape index (κ3) is 3.29. The molecule has 0 saturated carbocycles. The molecule has 4 nitrogen and oxygen atoms in total. The van der Waals surface area contributed by atoms with Crippen molar-refractivity contribution in [2.24, 2.45) is 0 Å². The largest absolute Gasteiger partial charge is 0.255 e. The average molecular weight is 424 g/mol. The van der Waals surface area contributed by atoms with E-state index in [1.165, 1.54) is 6.07 Å². The van der Waals surface area contributed by atoms with Crippen molar-refractivity contribution in [1.29, 1.82) is 5.26 Å². The Hall–Kier alpha value is -3.70. The molecule has 4 aromatic rings. The number of halogens is 3. The summed E-state index contributed by atoms with van der Waals surface area (Å²) >= 11 is 0. The van der Waals surface area contributed by atoms with Crippen LogP contribution in [0.5, 0.6) is 0 Å². The van der Waals surface area contributed by atoms with E-state index in [2.05, 4.69) is 4.98 Å². The molecule has 1 aromatic heterocycles. The summed E-state index contributed by atoms with van der Waals surface area (Å²) in [5.41, 5.74) is 0.482. The molecular weight excluding hydrogens is 413 g/mol. The number of rotatable bonds is 3. The van der Waals surface area contributed by atoms with Crippen LogP contribution in [0.3, 0.4) is 0 Å². The predicted octanol–water partition coefficient (Wildman–Crippen LogP) is 5.02. The van der Waals surface area contributed by atoms with Gasteiger partial charge in [0.1, 0.15) is 5.82 Å². The summed E-state index contributed by atoms with van der Waals surface area (Å²) in [5, 5.41) is 9.44. The molecule has 0 spiro atoms. The average Bonchev–Trinajstić information content (AvgIpc) is 2.74. The molecule has 0 amide bonds. The summed E-state index contributed by atoms with van der Waals surface area (Å²) in [6, 6.07) is 14.1. The molecule has 0 radical (unpaired) electrons. The van der Waals surface area contributed by atoms with E-state index in [4.69, 9.17) is 5.26 Å². The maximum absolute atomic E-state index is 13.9. The minimum Gasteiger partial charge on any atom is -0.255 e. The van der Waals surface area contributed by atoms with Gasteiger partial charge in [-0.3, -0.25) is 4.98 Å². The molecule has 8 heteroatoms. The summed E-state index contributed by atoms with van der Waals surface area (Å²) in [6.07, 6.45) is 1.09. The Labute approximate surface area is 169 Å². The quantitative estimate of drug-likeness (QED) is 0.463. The van der Waals surface area contributed by atoms with Gasteiger partial charge < -0.3 is 0 Å². The Morgan fingerprint density at radius 2 is 1.67 bits per heavy atom. The lowest BCUT2D eigenvalue weighted by Gasteiger charge is -2.14. The number of benzene rings is 3. The van der Waals surface area contributed by atoms with Crippen molar-refractivity contribution >= 4 is 20.7 Å². The summed E-state index contributed by atoms with van der Waals surface area (Å²) in [6.45, 7) is 0. The predicted molar refractivity (Wildman–Crippen MR) is 104 cm³/mol. The Morgan fingerprint density at radius 1 is 0.900 bits per heavy atom. The molecule has 0 saturated heterocycles. The minimum absolute atomic E-state index is 0.0993. The van der Waals surface area contributed by atoms with E-state index in [9.17, 15) is 21.6 Å². The monoisotopic (exact) mass is 424 g/mol. The van der Waals surface area contributed by atoms with Crippen LogP contribution in [0.15, 0.2) is 76.7 Å². The third-order valence-electron chi connectivity index (χ3n) is 4.55. The molecule has 1 heterocycles. The van der Waals surface area contributed by atoms with Crippen LogP contribution in [0.25, 0.3) is 22.0 Å². The van der Waals surface area contributed by atoms with E-state index in [-0.39, 0.29) is 21.6 Å². The number of aromatic nitrogens is 1. The maximum atomic E-state index is 13.9. The molecule has 0 N–H and O–H groups in total. The molecule has 0 aliphatic rings. The van der Waals surface area contributed by atoms with Crippen molar-refractivity contribution in [2.45, 2.75) is 9.79 Å². The standard InChI is InChI=1S/C22H11F3N2O2S/c23-15-7-13(11-26)8-16(10-15)30(28,29)21-12-27-20-4-2-1-3-17(20)22(21)14-5-6-18(24)19(25)9-14/h1-10,12H. The van der Waals surface area contributed by atoms with Crippen LogP contribution in [-0.2, 0) is 9.84 Å².